The molecule has 0 saturated carbocycles. The molecule has 6 nitrogen and oxygen atoms in total. The number of carbonyl (C=O) groups is 1. The zero-order chi connectivity index (χ0) is 15.4. The molecule has 0 saturated heterocycles. The predicted octanol–water partition coefficient (Wildman–Crippen LogP) is 3.04. The van der Waals surface area contributed by atoms with Crippen LogP contribution in [0.15, 0.2) is 23.4 Å². The number of nitrogens with one attached hydrogen (secondary N) is 1. The second-order valence-electron chi connectivity index (χ2n) is 4.77. The summed E-state index contributed by atoms with van der Waals surface area (Å²) in [5.41, 5.74) is 5.88. The summed E-state index contributed by atoms with van der Waals surface area (Å²) in [6.07, 6.45) is 1.74. The molecule has 21 heavy (non-hydrogen) atoms. The van der Waals surface area contributed by atoms with Gasteiger partial charge in [-0.25, -0.2) is 4.79 Å². The van der Waals surface area contributed by atoms with Crippen LogP contribution >= 0.6 is 0 Å². The molecule has 0 radical (unpaired) electrons. The second kappa shape index (κ2) is 6.39. The first-order chi connectivity index (χ1) is 10.1. The summed E-state index contributed by atoms with van der Waals surface area (Å²) in [5, 5.41) is 9.38. The minimum Gasteiger partial charge on any atom is -0.462 e. The predicted molar refractivity (Wildman–Crippen MR) is 83.8 cm³/mol. The van der Waals surface area contributed by atoms with Gasteiger partial charge >= 0.3 is 5.97 Å². The Hall–Kier alpha value is -2.37. The van der Waals surface area contributed by atoms with Gasteiger partial charge in [-0.05, 0) is 39.8 Å². The van der Waals surface area contributed by atoms with Crippen molar-refractivity contribution < 1.29 is 9.53 Å². The van der Waals surface area contributed by atoms with Gasteiger partial charge in [-0.1, -0.05) is 0 Å². The van der Waals surface area contributed by atoms with E-state index in [9.17, 15) is 4.79 Å². The fraction of sp³-hybridized carbons (Fsp3) is 0.400. The first kappa shape index (κ1) is 15.0. The molecule has 0 aliphatic heterocycles. The van der Waals surface area contributed by atoms with Crippen LogP contribution in [0.25, 0.3) is 10.9 Å². The second-order valence-corrected chi connectivity index (χ2v) is 4.77. The third kappa shape index (κ3) is 3.04. The van der Waals surface area contributed by atoms with Crippen molar-refractivity contribution in [3.8, 4) is 0 Å². The normalized spacial score (nSPS) is 10.5. The van der Waals surface area contributed by atoms with Crippen LogP contribution in [0.3, 0.4) is 0 Å². The van der Waals surface area contributed by atoms with Gasteiger partial charge in [-0.3, -0.25) is 10.1 Å². The maximum absolute atomic E-state index is 12.1. The highest BCUT2D eigenvalue weighted by Gasteiger charge is 2.17. The number of ether oxygens (including phenoxy) is 1. The molecule has 2 aromatic rings. The van der Waals surface area contributed by atoms with Crippen LogP contribution in [0.4, 0.5) is 5.69 Å². The zero-order valence-corrected chi connectivity index (χ0v) is 12.8. The van der Waals surface area contributed by atoms with Gasteiger partial charge in [0.25, 0.3) is 0 Å². The molecular weight excluding hydrogens is 268 g/mol. The Bertz CT molecular complexity index is 684. The molecule has 6 heteroatoms. The highest BCUT2D eigenvalue weighted by molar-refractivity contribution is 6.05. The van der Waals surface area contributed by atoms with Crippen LogP contribution in [-0.4, -0.2) is 28.1 Å². The van der Waals surface area contributed by atoms with Crippen molar-refractivity contribution in [3.63, 3.8) is 0 Å². The van der Waals surface area contributed by atoms with Crippen molar-refractivity contribution in [3.05, 3.63) is 23.9 Å². The van der Waals surface area contributed by atoms with Gasteiger partial charge in [0.15, 0.2) is 0 Å². The number of aryl methyl sites for hydroxylation is 1. The standard InChI is InChI=1S/C15H20N4O2/c1-5-19-13-8-7-11(15(20)21-6-2)14(12(13)9-16-19)18-17-10(3)4/h7-9,18H,5-6H2,1-4H3. The third-order valence-electron chi connectivity index (χ3n) is 3.01. The van der Waals surface area contributed by atoms with Gasteiger partial charge in [0, 0.05) is 17.6 Å². The lowest BCUT2D eigenvalue weighted by molar-refractivity contribution is 0.0527. The number of carbonyl (C=O) groups excluding carboxylic acids is 1. The van der Waals surface area contributed by atoms with Crippen LogP contribution in [0.5, 0.6) is 0 Å². The van der Waals surface area contributed by atoms with Crippen molar-refractivity contribution in [2.45, 2.75) is 34.2 Å². The molecule has 112 valence electrons. The molecule has 2 rings (SSSR count). The fourth-order valence-corrected chi connectivity index (χ4v) is 2.07. The molecule has 0 aliphatic rings. The van der Waals surface area contributed by atoms with E-state index in [2.05, 4.69) is 15.6 Å². The lowest BCUT2D eigenvalue weighted by Crippen LogP contribution is -2.09. The summed E-state index contributed by atoms with van der Waals surface area (Å²) in [6, 6.07) is 3.63. The summed E-state index contributed by atoms with van der Waals surface area (Å²) >= 11 is 0. The highest BCUT2D eigenvalue weighted by Crippen LogP contribution is 2.28. The van der Waals surface area contributed by atoms with Crippen molar-refractivity contribution in [1.82, 2.24) is 9.78 Å². The van der Waals surface area contributed by atoms with Crippen LogP contribution in [0.2, 0.25) is 0 Å². The van der Waals surface area contributed by atoms with Crippen LogP contribution < -0.4 is 5.43 Å². The monoisotopic (exact) mass is 288 g/mol. The number of aromatic nitrogens is 2. The minimum absolute atomic E-state index is 0.334. The van der Waals surface area contributed by atoms with E-state index in [1.54, 1.807) is 19.2 Å². The molecule has 0 fully saturated rings. The Morgan fingerprint density at radius 2 is 2.14 bits per heavy atom. The molecule has 1 N–H and O–H groups in total. The molecule has 1 aromatic carbocycles. The number of fused-ring (bicyclic) bond motifs is 1. The molecule has 0 atom stereocenters. The van der Waals surface area contributed by atoms with Crippen molar-refractivity contribution in [2.75, 3.05) is 12.0 Å². The lowest BCUT2D eigenvalue weighted by Gasteiger charge is -2.10. The molecule has 1 aromatic heterocycles. The van der Waals surface area contributed by atoms with Gasteiger partial charge in [-0.2, -0.15) is 10.2 Å². The van der Waals surface area contributed by atoms with E-state index in [-0.39, 0.29) is 5.97 Å². The lowest BCUT2D eigenvalue weighted by atomic mass is 10.1. The molecule has 0 unspecified atom stereocenters. The van der Waals surface area contributed by atoms with Crippen LogP contribution in [-0.2, 0) is 11.3 Å². The van der Waals surface area contributed by atoms with Crippen LogP contribution in [0.1, 0.15) is 38.1 Å². The van der Waals surface area contributed by atoms with E-state index in [0.29, 0.717) is 17.9 Å². The highest BCUT2D eigenvalue weighted by atomic mass is 16.5. The van der Waals surface area contributed by atoms with E-state index in [1.165, 1.54) is 0 Å². The molecule has 0 spiro atoms. The summed E-state index contributed by atoms with van der Waals surface area (Å²) in [4.78, 5) is 12.1. The van der Waals surface area contributed by atoms with Crippen molar-refractivity contribution >= 4 is 28.3 Å². The molecule has 0 bridgehead atoms. The number of hydrazone groups is 1. The van der Waals surface area contributed by atoms with Crippen molar-refractivity contribution in [1.29, 1.82) is 0 Å². The Morgan fingerprint density at radius 3 is 2.76 bits per heavy atom. The molecular formula is C15H20N4O2. The number of hydrogen-bond acceptors (Lipinski definition) is 5. The number of anilines is 1. The van der Waals surface area contributed by atoms with Crippen LogP contribution in [0, 0.1) is 0 Å². The minimum atomic E-state index is -0.366. The molecule has 1 heterocycles. The number of hydrogen-bond donors (Lipinski definition) is 1. The van der Waals surface area contributed by atoms with Crippen molar-refractivity contribution in [2.24, 2.45) is 5.10 Å². The first-order valence-corrected chi connectivity index (χ1v) is 7.01. The zero-order valence-electron chi connectivity index (χ0n) is 12.8. The smallest absolute Gasteiger partial charge is 0.340 e. The Balaban J connectivity index is 2.59. The first-order valence-electron chi connectivity index (χ1n) is 7.01. The maximum atomic E-state index is 12.1. The molecule has 0 amide bonds. The number of esters is 1. The number of benzene rings is 1. The van der Waals surface area contributed by atoms with Gasteiger partial charge in [0.05, 0.1) is 29.6 Å². The Labute approximate surface area is 123 Å². The third-order valence-corrected chi connectivity index (χ3v) is 3.01. The van der Waals surface area contributed by atoms with E-state index >= 15 is 0 Å². The van der Waals surface area contributed by atoms with Gasteiger partial charge < -0.3 is 4.74 Å². The van der Waals surface area contributed by atoms with Gasteiger partial charge in [-0.15, -0.1) is 0 Å². The Kier molecular flexibility index (Phi) is 4.57. The SMILES string of the molecule is CCOC(=O)c1ccc2c(cnn2CC)c1NN=C(C)C. The number of nitrogens with zero attached hydrogens (tertiary/aromatic N) is 3. The summed E-state index contributed by atoms with van der Waals surface area (Å²) in [5.74, 6) is -0.366. The van der Waals surface area contributed by atoms with Gasteiger partial charge in [0.2, 0.25) is 0 Å². The van der Waals surface area contributed by atoms with E-state index in [0.717, 1.165) is 23.2 Å². The average Bonchev–Trinajstić information content (AvgIpc) is 2.87. The quantitative estimate of drug-likeness (QED) is 0.521. The summed E-state index contributed by atoms with van der Waals surface area (Å²) in [6.45, 7) is 8.66. The Morgan fingerprint density at radius 1 is 1.38 bits per heavy atom. The van der Waals surface area contributed by atoms with E-state index in [1.807, 2.05) is 31.5 Å². The average molecular weight is 288 g/mol. The summed E-state index contributed by atoms with van der Waals surface area (Å²) in [7, 11) is 0. The maximum Gasteiger partial charge on any atom is 0.340 e. The van der Waals surface area contributed by atoms with E-state index in [4.69, 9.17) is 4.74 Å². The molecule has 0 aliphatic carbocycles. The summed E-state index contributed by atoms with van der Waals surface area (Å²) < 4.78 is 6.98. The number of rotatable bonds is 5. The van der Waals surface area contributed by atoms with Gasteiger partial charge in [0.1, 0.15) is 0 Å². The largest absolute Gasteiger partial charge is 0.462 e. The van der Waals surface area contributed by atoms with E-state index < -0.39 is 0 Å². The fourth-order valence-electron chi connectivity index (χ4n) is 2.07. The topological polar surface area (TPSA) is 68.5 Å².